The Kier molecular flexibility index (Phi) is 5.02. The first kappa shape index (κ1) is 16.5. The molecule has 1 aromatic heterocycles. The molecular weight excluding hydrogens is 292 g/mol. The van der Waals surface area contributed by atoms with Gasteiger partial charge in [-0.2, -0.15) is 0 Å². The van der Waals surface area contributed by atoms with Gasteiger partial charge in [-0.15, -0.1) is 0 Å². The topological polar surface area (TPSA) is 61.5 Å². The van der Waals surface area contributed by atoms with Gasteiger partial charge < -0.3 is 14.6 Å². The molecule has 3 heterocycles. The van der Waals surface area contributed by atoms with Crippen molar-refractivity contribution in [1.82, 2.24) is 19.8 Å². The van der Waals surface area contributed by atoms with E-state index in [0.717, 1.165) is 51.6 Å². The molecule has 128 valence electrons. The van der Waals surface area contributed by atoms with Gasteiger partial charge in [0.15, 0.2) is 0 Å². The maximum absolute atomic E-state index is 12.8. The number of carbonyl (C=O) groups excluding carboxylic acids is 1. The van der Waals surface area contributed by atoms with Crippen molar-refractivity contribution in [1.29, 1.82) is 0 Å². The number of likely N-dealkylation sites (tertiary alicyclic amines) is 1. The molecule has 6 heteroatoms. The number of aromatic amines is 1. The number of imidazole rings is 1. The molecule has 0 aliphatic carbocycles. The number of hydrogen-bond donors (Lipinski definition) is 1. The fraction of sp³-hybridized carbons (Fsp3) is 0.765. The first-order chi connectivity index (χ1) is 11.1. The van der Waals surface area contributed by atoms with E-state index >= 15 is 0 Å². The molecule has 2 aliphatic heterocycles. The lowest BCUT2D eigenvalue weighted by Crippen LogP contribution is -2.47. The number of carbonyl (C=O) groups is 1. The number of morpholine rings is 1. The van der Waals surface area contributed by atoms with E-state index in [1.165, 1.54) is 0 Å². The summed E-state index contributed by atoms with van der Waals surface area (Å²) in [5.74, 6) is 1.81. The summed E-state index contributed by atoms with van der Waals surface area (Å²) < 4.78 is 5.46. The van der Waals surface area contributed by atoms with Crippen molar-refractivity contribution in [2.45, 2.75) is 39.2 Å². The van der Waals surface area contributed by atoms with Crippen molar-refractivity contribution in [2.24, 2.45) is 5.92 Å². The Morgan fingerprint density at radius 1 is 1.39 bits per heavy atom. The van der Waals surface area contributed by atoms with Crippen LogP contribution in [0.1, 0.15) is 49.4 Å². The molecule has 0 radical (unpaired) electrons. The van der Waals surface area contributed by atoms with Crippen LogP contribution in [0.15, 0.2) is 6.20 Å². The molecule has 2 saturated heterocycles. The van der Waals surface area contributed by atoms with Gasteiger partial charge in [0.25, 0.3) is 5.91 Å². The highest BCUT2D eigenvalue weighted by atomic mass is 16.5. The van der Waals surface area contributed by atoms with Crippen molar-refractivity contribution in [2.75, 3.05) is 39.4 Å². The number of amides is 1. The van der Waals surface area contributed by atoms with Crippen LogP contribution in [0.4, 0.5) is 0 Å². The number of aromatic nitrogens is 2. The fourth-order valence-electron chi connectivity index (χ4n) is 3.65. The van der Waals surface area contributed by atoms with Crippen LogP contribution in [0.2, 0.25) is 0 Å². The largest absolute Gasteiger partial charge is 0.379 e. The van der Waals surface area contributed by atoms with Gasteiger partial charge in [0, 0.05) is 38.1 Å². The number of nitrogens with one attached hydrogen (secondary N) is 1. The SMILES string of the molecule is CC[C@H]1CN(C(=O)c2cnc(C(C)C)[nH]2)C[C@@H]1N1CCOCC1. The van der Waals surface area contributed by atoms with Gasteiger partial charge in [-0.05, 0) is 5.92 Å². The predicted octanol–water partition coefficient (Wildman–Crippen LogP) is 1.72. The molecule has 3 rings (SSSR count). The van der Waals surface area contributed by atoms with Crippen LogP contribution in [-0.4, -0.2) is 71.1 Å². The van der Waals surface area contributed by atoms with Crippen molar-refractivity contribution < 1.29 is 9.53 Å². The monoisotopic (exact) mass is 320 g/mol. The highest BCUT2D eigenvalue weighted by Gasteiger charge is 2.38. The number of H-pyrrole nitrogens is 1. The second-order valence-corrected chi connectivity index (χ2v) is 6.93. The molecular formula is C17H28N4O2. The Morgan fingerprint density at radius 3 is 2.74 bits per heavy atom. The molecule has 1 amide bonds. The van der Waals surface area contributed by atoms with Crippen molar-refractivity contribution >= 4 is 5.91 Å². The quantitative estimate of drug-likeness (QED) is 0.917. The molecule has 2 fully saturated rings. The lowest BCUT2D eigenvalue weighted by atomic mass is 9.99. The predicted molar refractivity (Wildman–Crippen MR) is 88.5 cm³/mol. The van der Waals surface area contributed by atoms with Crippen LogP contribution >= 0.6 is 0 Å². The van der Waals surface area contributed by atoms with E-state index < -0.39 is 0 Å². The third-order valence-corrected chi connectivity index (χ3v) is 5.11. The van der Waals surface area contributed by atoms with Crippen molar-refractivity contribution in [3.63, 3.8) is 0 Å². The van der Waals surface area contributed by atoms with E-state index in [2.05, 4.69) is 35.6 Å². The molecule has 6 nitrogen and oxygen atoms in total. The lowest BCUT2D eigenvalue weighted by molar-refractivity contribution is 0.0102. The Labute approximate surface area is 138 Å². The van der Waals surface area contributed by atoms with E-state index in [4.69, 9.17) is 4.74 Å². The zero-order chi connectivity index (χ0) is 16.4. The Morgan fingerprint density at radius 2 is 2.13 bits per heavy atom. The van der Waals surface area contributed by atoms with Crippen molar-refractivity contribution in [3.05, 3.63) is 17.7 Å². The van der Waals surface area contributed by atoms with Gasteiger partial charge in [-0.1, -0.05) is 27.2 Å². The van der Waals surface area contributed by atoms with Gasteiger partial charge in [0.05, 0.1) is 19.4 Å². The van der Waals surface area contributed by atoms with E-state index in [1.807, 2.05) is 4.90 Å². The Bertz CT molecular complexity index is 536. The van der Waals surface area contributed by atoms with E-state index in [-0.39, 0.29) is 5.91 Å². The zero-order valence-corrected chi connectivity index (χ0v) is 14.4. The van der Waals surface area contributed by atoms with Crippen LogP contribution in [0.25, 0.3) is 0 Å². The van der Waals surface area contributed by atoms with Gasteiger partial charge in [0.2, 0.25) is 0 Å². The molecule has 0 bridgehead atoms. The maximum atomic E-state index is 12.8. The highest BCUT2D eigenvalue weighted by Crippen LogP contribution is 2.26. The van der Waals surface area contributed by atoms with Crippen LogP contribution in [0.3, 0.4) is 0 Å². The minimum Gasteiger partial charge on any atom is -0.379 e. The molecule has 0 unspecified atom stereocenters. The third kappa shape index (κ3) is 3.43. The van der Waals surface area contributed by atoms with Crippen LogP contribution in [0, 0.1) is 5.92 Å². The summed E-state index contributed by atoms with van der Waals surface area (Å²) in [5.41, 5.74) is 0.617. The fourth-order valence-corrected chi connectivity index (χ4v) is 3.65. The van der Waals surface area contributed by atoms with Crippen molar-refractivity contribution in [3.8, 4) is 0 Å². The second kappa shape index (κ2) is 7.01. The minimum atomic E-state index is 0.0820. The molecule has 2 atom stereocenters. The number of hydrogen-bond acceptors (Lipinski definition) is 4. The Balaban J connectivity index is 1.69. The maximum Gasteiger partial charge on any atom is 0.271 e. The van der Waals surface area contributed by atoms with E-state index in [1.54, 1.807) is 6.20 Å². The van der Waals surface area contributed by atoms with E-state index in [0.29, 0.717) is 23.6 Å². The summed E-state index contributed by atoms with van der Waals surface area (Å²) in [6.07, 6.45) is 2.78. The number of rotatable bonds is 4. The Hall–Kier alpha value is -1.40. The van der Waals surface area contributed by atoms with Crippen LogP contribution in [-0.2, 0) is 4.74 Å². The molecule has 0 spiro atoms. The minimum absolute atomic E-state index is 0.0820. The summed E-state index contributed by atoms with van der Waals surface area (Å²) in [4.78, 5) is 24.8. The highest BCUT2D eigenvalue weighted by molar-refractivity contribution is 5.92. The second-order valence-electron chi connectivity index (χ2n) is 6.93. The van der Waals surface area contributed by atoms with Gasteiger partial charge >= 0.3 is 0 Å². The molecule has 2 aliphatic rings. The third-order valence-electron chi connectivity index (χ3n) is 5.11. The van der Waals surface area contributed by atoms with Crippen LogP contribution in [0.5, 0.6) is 0 Å². The normalized spacial score (nSPS) is 26.2. The number of nitrogens with zero attached hydrogens (tertiary/aromatic N) is 3. The van der Waals surface area contributed by atoms with Gasteiger partial charge in [-0.3, -0.25) is 9.69 Å². The first-order valence-corrected chi connectivity index (χ1v) is 8.76. The molecule has 1 N–H and O–H groups in total. The summed E-state index contributed by atoms with van der Waals surface area (Å²) in [5, 5.41) is 0. The lowest BCUT2D eigenvalue weighted by Gasteiger charge is -2.34. The van der Waals surface area contributed by atoms with Crippen LogP contribution < -0.4 is 0 Å². The standard InChI is InChI=1S/C17H28N4O2/c1-4-13-10-21(11-15(13)20-5-7-23-8-6-20)17(22)14-9-18-16(19-14)12(2)3/h9,12-13,15H,4-8,10-11H2,1-3H3,(H,18,19)/t13-,15-/m0/s1. The molecule has 0 aromatic carbocycles. The average Bonchev–Trinajstić information content (AvgIpc) is 3.22. The number of ether oxygens (including phenoxy) is 1. The zero-order valence-electron chi connectivity index (χ0n) is 14.4. The summed E-state index contributed by atoms with van der Waals surface area (Å²) in [7, 11) is 0. The molecule has 1 aromatic rings. The van der Waals surface area contributed by atoms with E-state index in [9.17, 15) is 4.79 Å². The smallest absolute Gasteiger partial charge is 0.271 e. The summed E-state index contributed by atoms with van der Waals surface area (Å²) in [6.45, 7) is 11.6. The summed E-state index contributed by atoms with van der Waals surface area (Å²) >= 11 is 0. The van der Waals surface area contributed by atoms with Gasteiger partial charge in [-0.25, -0.2) is 4.98 Å². The van der Waals surface area contributed by atoms with Gasteiger partial charge in [0.1, 0.15) is 11.5 Å². The first-order valence-electron chi connectivity index (χ1n) is 8.76. The average molecular weight is 320 g/mol. The summed E-state index contributed by atoms with van der Waals surface area (Å²) in [6, 6.07) is 0.459. The molecule has 23 heavy (non-hydrogen) atoms. The molecule has 0 saturated carbocycles.